The van der Waals surface area contributed by atoms with Crippen LogP contribution in [0, 0.1) is 0 Å². The van der Waals surface area contributed by atoms with Gasteiger partial charge in [0.2, 0.25) is 0 Å². The van der Waals surface area contributed by atoms with Gasteiger partial charge in [0, 0.05) is 28.7 Å². The van der Waals surface area contributed by atoms with Crippen molar-refractivity contribution in [3.05, 3.63) is 41.0 Å². The minimum atomic E-state index is -0.211. The van der Waals surface area contributed by atoms with Gasteiger partial charge in [-0.15, -0.1) is 0 Å². The second kappa shape index (κ2) is 6.50. The first kappa shape index (κ1) is 15.1. The Labute approximate surface area is 133 Å². The van der Waals surface area contributed by atoms with Crippen LogP contribution >= 0.6 is 11.6 Å². The van der Waals surface area contributed by atoms with E-state index in [9.17, 15) is 4.79 Å². The van der Waals surface area contributed by atoms with E-state index in [1.54, 1.807) is 18.2 Å². The maximum absolute atomic E-state index is 12.2. The molecule has 1 amide bonds. The number of halogens is 1. The average Bonchev–Trinajstić information content (AvgIpc) is 3.00. The first-order valence-corrected chi connectivity index (χ1v) is 7.79. The summed E-state index contributed by atoms with van der Waals surface area (Å²) in [7, 11) is 0. The van der Waals surface area contributed by atoms with Crippen molar-refractivity contribution >= 4 is 17.5 Å². The molecule has 0 saturated heterocycles. The highest BCUT2D eigenvalue weighted by atomic mass is 35.5. The first-order valence-electron chi connectivity index (χ1n) is 7.41. The Hall–Kier alpha value is -1.85. The number of carbonyl (C=O) groups is 1. The molecule has 3 N–H and O–H groups in total. The van der Waals surface area contributed by atoms with Crippen LogP contribution in [0.3, 0.4) is 0 Å². The molecule has 2 aromatic rings. The Morgan fingerprint density at radius 3 is 2.77 bits per heavy atom. The van der Waals surface area contributed by atoms with Crippen LogP contribution in [-0.2, 0) is 0 Å². The van der Waals surface area contributed by atoms with Crippen molar-refractivity contribution in [1.82, 2.24) is 10.5 Å². The molecular formula is C16H18ClN3O2. The monoisotopic (exact) mass is 319 g/mol. The molecule has 0 radical (unpaired) electrons. The number of carbonyl (C=O) groups excluding carboxylic acids is 1. The maximum atomic E-state index is 12.2. The first-order chi connectivity index (χ1) is 10.6. The van der Waals surface area contributed by atoms with E-state index in [0.717, 1.165) is 31.2 Å². The largest absolute Gasteiger partial charge is 0.355 e. The van der Waals surface area contributed by atoms with Gasteiger partial charge < -0.3 is 15.6 Å². The van der Waals surface area contributed by atoms with E-state index in [1.165, 1.54) is 0 Å². The van der Waals surface area contributed by atoms with Crippen LogP contribution < -0.4 is 11.1 Å². The number of nitrogens with two attached hydrogens (primary N) is 1. The Morgan fingerprint density at radius 2 is 2.05 bits per heavy atom. The SMILES string of the molecule is NC1CCC(NC(=O)c2cc(-c3cccc(Cl)c3)on2)CC1. The second-order valence-corrected chi connectivity index (χ2v) is 6.11. The second-order valence-electron chi connectivity index (χ2n) is 5.67. The molecule has 1 aromatic carbocycles. The molecule has 3 rings (SSSR count). The van der Waals surface area contributed by atoms with Gasteiger partial charge in [-0.2, -0.15) is 0 Å². The van der Waals surface area contributed by atoms with E-state index in [-0.39, 0.29) is 23.7 Å². The molecule has 1 aliphatic rings. The third-order valence-electron chi connectivity index (χ3n) is 3.96. The third-order valence-corrected chi connectivity index (χ3v) is 4.19. The van der Waals surface area contributed by atoms with Crippen LogP contribution in [0.25, 0.3) is 11.3 Å². The number of nitrogens with zero attached hydrogens (tertiary/aromatic N) is 1. The Balaban J connectivity index is 1.67. The van der Waals surface area contributed by atoms with Crippen LogP contribution in [0.1, 0.15) is 36.2 Å². The van der Waals surface area contributed by atoms with Crippen molar-refractivity contribution in [3.8, 4) is 11.3 Å². The van der Waals surface area contributed by atoms with Gasteiger partial charge in [0.15, 0.2) is 11.5 Å². The number of nitrogens with one attached hydrogen (secondary N) is 1. The van der Waals surface area contributed by atoms with Crippen molar-refractivity contribution in [2.75, 3.05) is 0 Å². The van der Waals surface area contributed by atoms with Crippen LogP contribution in [-0.4, -0.2) is 23.1 Å². The molecule has 1 heterocycles. The van der Waals surface area contributed by atoms with Crippen molar-refractivity contribution in [3.63, 3.8) is 0 Å². The smallest absolute Gasteiger partial charge is 0.273 e. The minimum Gasteiger partial charge on any atom is -0.355 e. The van der Waals surface area contributed by atoms with Crippen molar-refractivity contribution in [2.24, 2.45) is 5.73 Å². The number of aromatic nitrogens is 1. The molecule has 0 atom stereocenters. The molecule has 1 saturated carbocycles. The normalized spacial score (nSPS) is 21.5. The van der Waals surface area contributed by atoms with Crippen molar-refractivity contribution in [2.45, 2.75) is 37.8 Å². The predicted molar refractivity (Wildman–Crippen MR) is 84.6 cm³/mol. The molecule has 22 heavy (non-hydrogen) atoms. The summed E-state index contributed by atoms with van der Waals surface area (Å²) in [6.07, 6.45) is 3.70. The summed E-state index contributed by atoms with van der Waals surface area (Å²) >= 11 is 5.95. The zero-order chi connectivity index (χ0) is 15.5. The molecule has 1 fully saturated rings. The number of hydrogen-bond donors (Lipinski definition) is 2. The summed E-state index contributed by atoms with van der Waals surface area (Å²) in [4.78, 5) is 12.2. The highest BCUT2D eigenvalue weighted by Crippen LogP contribution is 2.24. The molecule has 0 aliphatic heterocycles. The van der Waals surface area contributed by atoms with E-state index >= 15 is 0 Å². The lowest BCUT2D eigenvalue weighted by molar-refractivity contribution is 0.0917. The summed E-state index contributed by atoms with van der Waals surface area (Å²) in [5.74, 6) is 0.316. The predicted octanol–water partition coefficient (Wildman–Crippen LogP) is 2.99. The summed E-state index contributed by atoms with van der Waals surface area (Å²) in [6.45, 7) is 0. The van der Waals surface area contributed by atoms with Crippen LogP contribution in [0.2, 0.25) is 5.02 Å². The van der Waals surface area contributed by atoms with E-state index in [0.29, 0.717) is 10.8 Å². The topological polar surface area (TPSA) is 81.1 Å². The maximum Gasteiger partial charge on any atom is 0.273 e. The Morgan fingerprint density at radius 1 is 1.27 bits per heavy atom. The van der Waals surface area contributed by atoms with Crippen LogP contribution in [0.4, 0.5) is 0 Å². The zero-order valence-electron chi connectivity index (χ0n) is 12.1. The van der Waals surface area contributed by atoms with Gasteiger partial charge in [0.25, 0.3) is 5.91 Å². The molecular weight excluding hydrogens is 302 g/mol. The quantitative estimate of drug-likeness (QED) is 0.911. The number of amides is 1. The van der Waals surface area contributed by atoms with E-state index in [1.807, 2.05) is 12.1 Å². The van der Waals surface area contributed by atoms with Crippen LogP contribution in [0.15, 0.2) is 34.9 Å². The standard InChI is InChI=1S/C16H18ClN3O2/c17-11-3-1-2-10(8-11)15-9-14(20-22-15)16(21)19-13-6-4-12(18)5-7-13/h1-3,8-9,12-13H,4-7,18H2,(H,19,21). The van der Waals surface area contributed by atoms with Gasteiger partial charge in [0.1, 0.15) is 0 Å². The fourth-order valence-electron chi connectivity index (χ4n) is 2.68. The fourth-order valence-corrected chi connectivity index (χ4v) is 2.87. The highest BCUT2D eigenvalue weighted by molar-refractivity contribution is 6.30. The van der Waals surface area contributed by atoms with Crippen LogP contribution in [0.5, 0.6) is 0 Å². The summed E-state index contributed by atoms with van der Waals surface area (Å²) in [5, 5.41) is 7.45. The van der Waals surface area contributed by atoms with E-state index < -0.39 is 0 Å². The number of hydrogen-bond acceptors (Lipinski definition) is 4. The van der Waals surface area contributed by atoms with E-state index in [4.69, 9.17) is 21.9 Å². The summed E-state index contributed by atoms with van der Waals surface area (Å²) in [6, 6.07) is 9.29. The van der Waals surface area contributed by atoms with E-state index in [2.05, 4.69) is 10.5 Å². The van der Waals surface area contributed by atoms with Crippen molar-refractivity contribution < 1.29 is 9.32 Å². The Bertz CT molecular complexity index is 663. The van der Waals surface area contributed by atoms with Gasteiger partial charge in [0.05, 0.1) is 0 Å². The molecule has 0 bridgehead atoms. The molecule has 1 aromatic heterocycles. The lowest BCUT2D eigenvalue weighted by atomic mass is 9.92. The highest BCUT2D eigenvalue weighted by Gasteiger charge is 2.22. The molecule has 0 unspecified atom stereocenters. The molecule has 5 nitrogen and oxygen atoms in total. The lowest BCUT2D eigenvalue weighted by Gasteiger charge is -2.26. The van der Waals surface area contributed by atoms with Gasteiger partial charge in [-0.05, 0) is 37.8 Å². The summed E-state index contributed by atoms with van der Waals surface area (Å²) in [5.41, 5.74) is 6.94. The van der Waals surface area contributed by atoms with Gasteiger partial charge in [-0.1, -0.05) is 28.9 Å². The summed E-state index contributed by atoms with van der Waals surface area (Å²) < 4.78 is 5.24. The zero-order valence-corrected chi connectivity index (χ0v) is 12.8. The molecule has 0 spiro atoms. The fraction of sp³-hybridized carbons (Fsp3) is 0.375. The molecule has 116 valence electrons. The van der Waals surface area contributed by atoms with Crippen molar-refractivity contribution in [1.29, 1.82) is 0 Å². The average molecular weight is 320 g/mol. The van der Waals surface area contributed by atoms with Gasteiger partial charge >= 0.3 is 0 Å². The Kier molecular flexibility index (Phi) is 4.45. The number of benzene rings is 1. The van der Waals surface area contributed by atoms with Gasteiger partial charge in [-0.3, -0.25) is 4.79 Å². The minimum absolute atomic E-state index is 0.165. The van der Waals surface area contributed by atoms with Gasteiger partial charge in [-0.25, -0.2) is 0 Å². The third kappa shape index (κ3) is 3.48. The lowest BCUT2D eigenvalue weighted by Crippen LogP contribution is -2.40. The number of rotatable bonds is 3. The molecule has 6 heteroatoms. The molecule has 1 aliphatic carbocycles.